The lowest BCUT2D eigenvalue weighted by molar-refractivity contribution is -0.384. The second-order valence-corrected chi connectivity index (χ2v) is 6.99. The molecule has 0 spiro atoms. The summed E-state index contributed by atoms with van der Waals surface area (Å²) in [6.07, 6.45) is 0.574. The number of nitro groups is 1. The molecule has 1 aliphatic heterocycles. The van der Waals surface area contributed by atoms with E-state index in [2.05, 4.69) is 4.90 Å². The molecule has 1 heterocycles. The predicted octanol–water partition coefficient (Wildman–Crippen LogP) is 2.96. The topological polar surface area (TPSA) is 104 Å². The van der Waals surface area contributed by atoms with Crippen LogP contribution < -0.4 is 0 Å². The Balaban J connectivity index is 1.67. The van der Waals surface area contributed by atoms with Gasteiger partial charge in [0.05, 0.1) is 4.92 Å². The van der Waals surface area contributed by atoms with Gasteiger partial charge in [-0.25, -0.2) is 0 Å². The molecule has 1 saturated heterocycles. The van der Waals surface area contributed by atoms with E-state index in [0.717, 1.165) is 5.56 Å². The van der Waals surface area contributed by atoms with E-state index in [1.807, 2.05) is 30.3 Å². The van der Waals surface area contributed by atoms with Gasteiger partial charge >= 0.3 is 5.97 Å². The van der Waals surface area contributed by atoms with Crippen molar-refractivity contribution in [3.05, 3.63) is 75.8 Å². The fraction of sp³-hybridized carbons (Fsp3) is 0.333. The maximum absolute atomic E-state index is 12.7. The van der Waals surface area contributed by atoms with Gasteiger partial charge in [0.1, 0.15) is 0 Å². The number of carbonyl (C=O) groups is 2. The molecule has 0 bridgehead atoms. The first kappa shape index (κ1) is 20.5. The van der Waals surface area contributed by atoms with Crippen molar-refractivity contribution in [1.29, 1.82) is 0 Å². The van der Waals surface area contributed by atoms with E-state index < -0.39 is 10.9 Å². The van der Waals surface area contributed by atoms with Gasteiger partial charge in [-0.1, -0.05) is 36.4 Å². The number of carbonyl (C=O) groups excluding carboxylic acids is 1. The van der Waals surface area contributed by atoms with Crippen LogP contribution in [-0.2, 0) is 4.79 Å². The lowest BCUT2D eigenvalue weighted by Gasteiger charge is -2.39. The molecule has 1 aliphatic rings. The molecule has 0 radical (unpaired) electrons. The number of benzene rings is 2. The Hall–Kier alpha value is -3.26. The van der Waals surface area contributed by atoms with E-state index in [4.69, 9.17) is 5.11 Å². The zero-order valence-corrected chi connectivity index (χ0v) is 15.9. The molecular weight excluding hydrogens is 374 g/mol. The molecule has 2 aromatic rings. The largest absolute Gasteiger partial charge is 0.481 e. The molecule has 1 N–H and O–H groups in total. The van der Waals surface area contributed by atoms with E-state index in [0.29, 0.717) is 38.2 Å². The summed E-state index contributed by atoms with van der Waals surface area (Å²) in [6, 6.07) is 15.5. The average molecular weight is 397 g/mol. The maximum atomic E-state index is 12.7. The first-order chi connectivity index (χ1) is 14.0. The molecule has 29 heavy (non-hydrogen) atoms. The summed E-state index contributed by atoms with van der Waals surface area (Å²) in [5.41, 5.74) is 1.26. The van der Waals surface area contributed by atoms with Crippen LogP contribution in [0.15, 0.2) is 54.6 Å². The van der Waals surface area contributed by atoms with Crippen LogP contribution in [0.4, 0.5) is 5.69 Å². The van der Waals surface area contributed by atoms with Crippen molar-refractivity contribution in [2.24, 2.45) is 0 Å². The Morgan fingerprint density at radius 3 is 2.34 bits per heavy atom. The smallest absolute Gasteiger partial charge is 0.303 e. The summed E-state index contributed by atoms with van der Waals surface area (Å²) in [6.45, 7) is 2.19. The summed E-state index contributed by atoms with van der Waals surface area (Å²) >= 11 is 0. The normalized spacial score (nSPS) is 15.7. The van der Waals surface area contributed by atoms with Crippen LogP contribution in [0.1, 0.15) is 34.8 Å². The Morgan fingerprint density at radius 2 is 1.72 bits per heavy atom. The van der Waals surface area contributed by atoms with Gasteiger partial charge in [-0.05, 0) is 18.1 Å². The van der Waals surface area contributed by atoms with Crippen LogP contribution in [0, 0.1) is 10.1 Å². The zero-order chi connectivity index (χ0) is 20.8. The second-order valence-electron chi connectivity index (χ2n) is 6.99. The van der Waals surface area contributed by atoms with Gasteiger partial charge in [-0.3, -0.25) is 24.6 Å². The minimum atomic E-state index is -0.828. The zero-order valence-electron chi connectivity index (χ0n) is 15.9. The Bertz CT molecular complexity index is 879. The van der Waals surface area contributed by atoms with Crippen LogP contribution in [-0.4, -0.2) is 57.9 Å². The van der Waals surface area contributed by atoms with Crippen LogP contribution >= 0.6 is 0 Å². The predicted molar refractivity (Wildman–Crippen MR) is 107 cm³/mol. The number of nitrogens with zero attached hydrogens (tertiary/aromatic N) is 3. The molecule has 8 nitrogen and oxygen atoms in total. The van der Waals surface area contributed by atoms with Gasteiger partial charge in [-0.15, -0.1) is 0 Å². The van der Waals surface area contributed by atoms with Crippen LogP contribution in [0.2, 0.25) is 0 Å². The third-order valence-electron chi connectivity index (χ3n) is 5.16. The van der Waals surface area contributed by atoms with Gasteiger partial charge in [0.15, 0.2) is 0 Å². The van der Waals surface area contributed by atoms with E-state index in [9.17, 15) is 19.7 Å². The van der Waals surface area contributed by atoms with E-state index >= 15 is 0 Å². The van der Waals surface area contributed by atoms with Crippen LogP contribution in [0.5, 0.6) is 0 Å². The SMILES string of the molecule is O=C(O)CC[C@@H](c1ccccc1)N1CCN(C(=O)c2cccc([N+](=O)[O-])c2)CC1. The lowest BCUT2D eigenvalue weighted by Crippen LogP contribution is -2.49. The molecule has 0 aromatic heterocycles. The molecule has 8 heteroatoms. The highest BCUT2D eigenvalue weighted by Crippen LogP contribution is 2.27. The third-order valence-corrected chi connectivity index (χ3v) is 5.16. The quantitative estimate of drug-likeness (QED) is 0.569. The van der Waals surface area contributed by atoms with Crippen molar-refractivity contribution in [3.8, 4) is 0 Å². The second kappa shape index (κ2) is 9.29. The Morgan fingerprint density at radius 1 is 1.03 bits per heavy atom. The van der Waals surface area contributed by atoms with Crippen molar-refractivity contribution in [3.63, 3.8) is 0 Å². The lowest BCUT2D eigenvalue weighted by atomic mass is 9.99. The third kappa shape index (κ3) is 5.17. The summed E-state index contributed by atoms with van der Waals surface area (Å²) in [5.74, 6) is -1.06. The molecule has 1 fully saturated rings. The number of rotatable bonds is 7. The molecule has 1 atom stereocenters. The molecule has 0 saturated carbocycles. The highest BCUT2D eigenvalue weighted by atomic mass is 16.6. The molecule has 0 unspecified atom stereocenters. The van der Waals surface area contributed by atoms with Crippen molar-refractivity contribution < 1.29 is 19.6 Å². The first-order valence-electron chi connectivity index (χ1n) is 9.50. The number of piperazine rings is 1. The van der Waals surface area contributed by atoms with E-state index in [1.54, 1.807) is 11.0 Å². The summed E-state index contributed by atoms with van der Waals surface area (Å²) < 4.78 is 0. The number of carboxylic acid groups (broad SMARTS) is 1. The number of nitro benzene ring substituents is 1. The van der Waals surface area contributed by atoms with Gasteiger partial charge < -0.3 is 10.0 Å². The van der Waals surface area contributed by atoms with Gasteiger partial charge in [0.2, 0.25) is 0 Å². The summed E-state index contributed by atoms with van der Waals surface area (Å²) in [5, 5.41) is 20.0. The van der Waals surface area contributed by atoms with Crippen molar-refractivity contribution in [1.82, 2.24) is 9.80 Å². The molecule has 1 amide bonds. The van der Waals surface area contributed by atoms with E-state index in [-0.39, 0.29) is 24.1 Å². The molecule has 2 aromatic carbocycles. The molecule has 152 valence electrons. The maximum Gasteiger partial charge on any atom is 0.303 e. The standard InChI is InChI=1S/C21H23N3O5/c25-20(26)10-9-19(16-5-2-1-3-6-16)22-11-13-23(14-12-22)21(27)17-7-4-8-18(15-17)24(28)29/h1-8,15,19H,9-14H2,(H,25,26)/t19-/m0/s1. The number of hydrogen-bond donors (Lipinski definition) is 1. The number of non-ortho nitro benzene ring substituents is 1. The van der Waals surface area contributed by atoms with Crippen LogP contribution in [0.3, 0.4) is 0 Å². The highest BCUT2D eigenvalue weighted by molar-refractivity contribution is 5.94. The minimum Gasteiger partial charge on any atom is -0.481 e. The molecular formula is C21H23N3O5. The van der Waals surface area contributed by atoms with Crippen molar-refractivity contribution in [2.75, 3.05) is 26.2 Å². The van der Waals surface area contributed by atoms with Gasteiger partial charge in [0.25, 0.3) is 11.6 Å². The Labute approximate surface area is 168 Å². The Kier molecular flexibility index (Phi) is 6.56. The molecule has 3 rings (SSSR count). The van der Waals surface area contributed by atoms with Gasteiger partial charge in [0, 0.05) is 56.3 Å². The van der Waals surface area contributed by atoms with Crippen molar-refractivity contribution in [2.45, 2.75) is 18.9 Å². The number of aliphatic carboxylic acids is 1. The van der Waals surface area contributed by atoms with Gasteiger partial charge in [-0.2, -0.15) is 0 Å². The van der Waals surface area contributed by atoms with Crippen LogP contribution in [0.25, 0.3) is 0 Å². The number of hydrogen-bond acceptors (Lipinski definition) is 5. The average Bonchev–Trinajstić information content (AvgIpc) is 2.74. The summed E-state index contributed by atoms with van der Waals surface area (Å²) in [4.78, 5) is 38.1. The van der Waals surface area contributed by atoms with E-state index in [1.165, 1.54) is 18.2 Å². The van der Waals surface area contributed by atoms with Crippen molar-refractivity contribution >= 4 is 17.6 Å². The summed E-state index contributed by atoms with van der Waals surface area (Å²) in [7, 11) is 0. The first-order valence-corrected chi connectivity index (χ1v) is 9.50. The minimum absolute atomic E-state index is 0.0256. The number of carboxylic acids is 1. The fourth-order valence-electron chi connectivity index (χ4n) is 3.67. The molecule has 0 aliphatic carbocycles. The monoisotopic (exact) mass is 397 g/mol. The fourth-order valence-corrected chi connectivity index (χ4v) is 3.67. The number of amides is 1. The highest BCUT2D eigenvalue weighted by Gasteiger charge is 2.28.